The van der Waals surface area contributed by atoms with Crippen LogP contribution in [0.1, 0.15) is 0 Å². The molecule has 0 spiro atoms. The lowest BCUT2D eigenvalue weighted by Gasteiger charge is -2.08. The number of benzene rings is 2. The first kappa shape index (κ1) is 11.5. The number of rotatable bonds is 3. The third-order valence-electron chi connectivity index (χ3n) is 2.23. The van der Waals surface area contributed by atoms with E-state index in [1.807, 2.05) is 18.2 Å². The van der Waals surface area contributed by atoms with Gasteiger partial charge in [0.05, 0.1) is 0 Å². The number of hydrogen-bond acceptors (Lipinski definition) is 4. The van der Waals surface area contributed by atoms with Crippen LogP contribution in [0.2, 0.25) is 0 Å². The molecule has 0 saturated heterocycles. The zero-order valence-corrected chi connectivity index (χ0v) is 9.08. The van der Waals surface area contributed by atoms with Gasteiger partial charge in [-0.25, -0.2) is 0 Å². The van der Waals surface area contributed by atoms with Gasteiger partial charge < -0.3 is 20.5 Å². The van der Waals surface area contributed by atoms with E-state index >= 15 is 0 Å². The number of para-hydroxylation sites is 1. The van der Waals surface area contributed by atoms with E-state index in [9.17, 15) is 0 Å². The molecule has 0 heterocycles. The Kier molecular flexibility index (Phi) is 3.32. The third kappa shape index (κ3) is 2.99. The number of anilines is 1. The second-order valence-corrected chi connectivity index (χ2v) is 3.62. The topological polar surface area (TPSA) is 75.7 Å². The molecule has 0 aliphatic heterocycles. The fraction of sp³-hybridized carbons (Fsp3) is 0. The second-order valence-electron chi connectivity index (χ2n) is 3.62. The second kappa shape index (κ2) is 4.90. The van der Waals surface area contributed by atoms with Crippen LogP contribution in [0.15, 0.2) is 48.5 Å². The molecule has 0 amide bonds. The van der Waals surface area contributed by atoms with Crippen molar-refractivity contribution in [2.45, 2.75) is 0 Å². The summed E-state index contributed by atoms with van der Waals surface area (Å²) in [5.41, 5.74) is 6.37. The molecule has 0 radical (unpaired) electrons. The number of hydrogen-bond donors (Lipinski definition) is 3. The van der Waals surface area contributed by atoms with Crippen molar-refractivity contribution in [2.24, 2.45) is 0 Å². The Labute approximate surface area is 99.4 Å². The Morgan fingerprint density at radius 3 is 2.29 bits per heavy atom. The van der Waals surface area contributed by atoms with E-state index in [-0.39, 0.29) is 0 Å². The summed E-state index contributed by atoms with van der Waals surface area (Å²) in [6.07, 6.45) is 0. The molecule has 17 heavy (non-hydrogen) atoms. The van der Waals surface area contributed by atoms with Gasteiger partial charge in [0.2, 0.25) is 0 Å². The van der Waals surface area contributed by atoms with Crippen LogP contribution in [0.3, 0.4) is 0 Å². The first-order chi connectivity index (χ1) is 8.15. The average Bonchev–Trinajstić information content (AvgIpc) is 2.29. The quantitative estimate of drug-likeness (QED) is 0.536. The molecular formula is C12H12BNO3. The van der Waals surface area contributed by atoms with Gasteiger partial charge in [-0.2, -0.15) is 0 Å². The van der Waals surface area contributed by atoms with Gasteiger partial charge in [-0.15, -0.1) is 0 Å². The summed E-state index contributed by atoms with van der Waals surface area (Å²) in [6, 6.07) is 13.8. The van der Waals surface area contributed by atoms with Gasteiger partial charge in [0, 0.05) is 11.8 Å². The van der Waals surface area contributed by atoms with Gasteiger partial charge in [-0.1, -0.05) is 18.2 Å². The highest BCUT2D eigenvalue weighted by Gasteiger charge is 2.13. The molecule has 0 aliphatic rings. The minimum Gasteiger partial charge on any atom is -0.457 e. The van der Waals surface area contributed by atoms with E-state index in [1.54, 1.807) is 18.2 Å². The van der Waals surface area contributed by atoms with Crippen LogP contribution < -0.4 is 15.9 Å². The predicted molar refractivity (Wildman–Crippen MR) is 67.2 cm³/mol. The van der Waals surface area contributed by atoms with E-state index in [1.165, 1.54) is 12.1 Å². The Morgan fingerprint density at radius 1 is 0.941 bits per heavy atom. The molecule has 2 aromatic rings. The molecule has 0 aromatic heterocycles. The molecule has 5 heteroatoms. The molecule has 0 atom stereocenters. The largest absolute Gasteiger partial charge is 0.488 e. The Hall–Kier alpha value is -1.98. The van der Waals surface area contributed by atoms with Crippen molar-refractivity contribution in [2.75, 3.05) is 5.73 Å². The first-order valence-corrected chi connectivity index (χ1v) is 5.14. The van der Waals surface area contributed by atoms with Crippen molar-refractivity contribution in [1.82, 2.24) is 0 Å². The molecule has 0 aliphatic carbocycles. The summed E-state index contributed by atoms with van der Waals surface area (Å²) in [4.78, 5) is 0. The van der Waals surface area contributed by atoms with Crippen LogP contribution in [-0.2, 0) is 0 Å². The molecule has 4 N–H and O–H groups in total. The zero-order valence-electron chi connectivity index (χ0n) is 9.08. The fourth-order valence-electron chi connectivity index (χ4n) is 1.48. The van der Waals surface area contributed by atoms with Gasteiger partial charge in [0.1, 0.15) is 11.5 Å². The van der Waals surface area contributed by atoms with Crippen molar-refractivity contribution in [3.05, 3.63) is 48.5 Å². The summed E-state index contributed by atoms with van der Waals surface area (Å²) in [6.45, 7) is 0. The van der Waals surface area contributed by atoms with Gasteiger partial charge in [-0.05, 0) is 29.7 Å². The van der Waals surface area contributed by atoms with Crippen molar-refractivity contribution in [3.63, 3.8) is 0 Å². The molecule has 0 saturated carbocycles. The third-order valence-corrected chi connectivity index (χ3v) is 2.23. The van der Waals surface area contributed by atoms with Gasteiger partial charge in [0.25, 0.3) is 0 Å². The first-order valence-electron chi connectivity index (χ1n) is 5.14. The van der Waals surface area contributed by atoms with Crippen LogP contribution >= 0.6 is 0 Å². The van der Waals surface area contributed by atoms with Crippen molar-refractivity contribution < 1.29 is 14.8 Å². The summed E-state index contributed by atoms with van der Waals surface area (Å²) in [5.74, 6) is 1.13. The van der Waals surface area contributed by atoms with Crippen LogP contribution in [0.25, 0.3) is 0 Å². The van der Waals surface area contributed by atoms with Gasteiger partial charge >= 0.3 is 7.12 Å². The fourth-order valence-corrected chi connectivity index (χ4v) is 1.48. The predicted octanol–water partition coefficient (Wildman–Crippen LogP) is 0.741. The lowest BCUT2D eigenvalue weighted by Crippen LogP contribution is -2.29. The summed E-state index contributed by atoms with van der Waals surface area (Å²) in [7, 11) is -1.56. The van der Waals surface area contributed by atoms with Crippen LogP contribution in [0.4, 0.5) is 5.69 Å². The molecule has 0 unspecified atom stereocenters. The van der Waals surface area contributed by atoms with Crippen molar-refractivity contribution in [3.8, 4) is 11.5 Å². The maximum absolute atomic E-state index is 9.08. The molecule has 86 valence electrons. The Balaban J connectivity index is 2.27. The lowest BCUT2D eigenvalue weighted by molar-refractivity contribution is 0.425. The summed E-state index contributed by atoms with van der Waals surface area (Å²) in [5, 5.41) is 18.2. The SMILES string of the molecule is Nc1cc(Oc2ccccc2)cc(B(O)O)c1. The summed E-state index contributed by atoms with van der Waals surface area (Å²) >= 11 is 0. The molecular weight excluding hydrogens is 217 g/mol. The standard InChI is InChI=1S/C12H12BNO3/c14-10-6-9(13(15)16)7-12(8-10)17-11-4-2-1-3-5-11/h1-8,15-16H,14H2. The summed E-state index contributed by atoms with van der Waals surface area (Å²) < 4.78 is 5.55. The van der Waals surface area contributed by atoms with E-state index in [2.05, 4.69) is 0 Å². The van der Waals surface area contributed by atoms with Crippen LogP contribution in [0, 0.1) is 0 Å². The van der Waals surface area contributed by atoms with Crippen molar-refractivity contribution in [1.29, 1.82) is 0 Å². The number of nitrogen functional groups attached to an aromatic ring is 1. The lowest BCUT2D eigenvalue weighted by atomic mass is 9.80. The van der Waals surface area contributed by atoms with E-state index < -0.39 is 7.12 Å². The number of ether oxygens (including phenoxy) is 1. The normalized spacial score (nSPS) is 10.0. The number of nitrogens with two attached hydrogens (primary N) is 1. The smallest absolute Gasteiger partial charge is 0.457 e. The average molecular weight is 229 g/mol. The van der Waals surface area contributed by atoms with E-state index in [0.717, 1.165) is 0 Å². The molecule has 0 fully saturated rings. The van der Waals surface area contributed by atoms with Gasteiger partial charge in [-0.3, -0.25) is 0 Å². The van der Waals surface area contributed by atoms with Crippen LogP contribution in [-0.4, -0.2) is 17.2 Å². The Bertz CT molecular complexity index is 502. The minimum atomic E-state index is -1.56. The molecule has 0 bridgehead atoms. The highest BCUT2D eigenvalue weighted by atomic mass is 16.5. The van der Waals surface area contributed by atoms with Crippen molar-refractivity contribution >= 4 is 18.3 Å². The Morgan fingerprint density at radius 2 is 1.65 bits per heavy atom. The molecule has 2 aromatic carbocycles. The highest BCUT2D eigenvalue weighted by molar-refractivity contribution is 6.58. The van der Waals surface area contributed by atoms with E-state index in [4.69, 9.17) is 20.5 Å². The minimum absolute atomic E-state index is 0.302. The molecule has 2 rings (SSSR count). The monoisotopic (exact) mass is 229 g/mol. The van der Waals surface area contributed by atoms with Crippen LogP contribution in [0.5, 0.6) is 11.5 Å². The maximum atomic E-state index is 9.08. The van der Waals surface area contributed by atoms with E-state index in [0.29, 0.717) is 22.6 Å². The zero-order chi connectivity index (χ0) is 12.3. The van der Waals surface area contributed by atoms with Gasteiger partial charge in [0.15, 0.2) is 0 Å². The molecule has 4 nitrogen and oxygen atoms in total. The maximum Gasteiger partial charge on any atom is 0.488 e. The highest BCUT2D eigenvalue weighted by Crippen LogP contribution is 2.21.